The van der Waals surface area contributed by atoms with Crippen molar-refractivity contribution in [2.75, 3.05) is 0 Å². The van der Waals surface area contributed by atoms with Gasteiger partial charge in [0.2, 0.25) is 5.91 Å². The van der Waals surface area contributed by atoms with Crippen LogP contribution in [0.3, 0.4) is 0 Å². The third-order valence-corrected chi connectivity index (χ3v) is 7.93. The fourth-order valence-corrected chi connectivity index (χ4v) is 5.41. The highest BCUT2D eigenvalue weighted by Gasteiger charge is 2.12. The molecule has 0 bridgehead atoms. The Morgan fingerprint density at radius 1 is 0.417 bits per heavy atom. The van der Waals surface area contributed by atoms with Gasteiger partial charge in [-0.15, -0.1) is 0 Å². The maximum atomic E-state index is 12.6. The number of rotatable bonds is 30. The van der Waals surface area contributed by atoms with Crippen LogP contribution in [0.2, 0.25) is 0 Å². The zero-order valence-electron chi connectivity index (χ0n) is 25.5. The number of carbonyl (C=O) groups is 1. The minimum absolute atomic E-state index is 0.317. The standard InChI is InChI=1S/C34H69NO/c1-4-7-10-13-16-17-18-19-20-21-23-26-29-32-34(36)35-33(30-27-24-15-12-9-6-3)31-28-25-22-14-11-8-5-2/h33H,4-32H2,1-3H3,(H,35,36). The van der Waals surface area contributed by atoms with Crippen molar-refractivity contribution >= 4 is 5.91 Å². The van der Waals surface area contributed by atoms with Crippen molar-refractivity contribution in [3.63, 3.8) is 0 Å². The van der Waals surface area contributed by atoms with Crippen LogP contribution in [0.25, 0.3) is 0 Å². The molecule has 1 N–H and O–H groups in total. The van der Waals surface area contributed by atoms with Crippen molar-refractivity contribution in [1.82, 2.24) is 5.32 Å². The monoisotopic (exact) mass is 508 g/mol. The molecule has 1 amide bonds. The number of carbonyl (C=O) groups excluding carboxylic acids is 1. The minimum atomic E-state index is 0.317. The minimum Gasteiger partial charge on any atom is -0.353 e. The molecule has 1 unspecified atom stereocenters. The molecule has 0 spiro atoms. The van der Waals surface area contributed by atoms with Crippen molar-refractivity contribution in [1.29, 1.82) is 0 Å². The van der Waals surface area contributed by atoms with Gasteiger partial charge in [-0.25, -0.2) is 0 Å². The van der Waals surface area contributed by atoms with Crippen LogP contribution in [-0.2, 0) is 4.79 Å². The summed E-state index contributed by atoms with van der Waals surface area (Å²) in [5, 5.41) is 3.43. The summed E-state index contributed by atoms with van der Waals surface area (Å²) in [7, 11) is 0. The van der Waals surface area contributed by atoms with Crippen LogP contribution in [0.1, 0.15) is 207 Å². The van der Waals surface area contributed by atoms with Gasteiger partial charge >= 0.3 is 0 Å². The number of nitrogens with one attached hydrogen (secondary N) is 1. The van der Waals surface area contributed by atoms with E-state index >= 15 is 0 Å². The van der Waals surface area contributed by atoms with E-state index in [9.17, 15) is 4.79 Å². The van der Waals surface area contributed by atoms with Crippen LogP contribution in [0.4, 0.5) is 0 Å². The van der Waals surface area contributed by atoms with Crippen molar-refractivity contribution in [2.45, 2.75) is 213 Å². The molecule has 0 aliphatic rings. The molecule has 216 valence electrons. The second kappa shape index (κ2) is 30.7. The first-order chi connectivity index (χ1) is 17.7. The summed E-state index contributed by atoms with van der Waals surface area (Å²) in [6.07, 6.45) is 38.3. The normalized spacial score (nSPS) is 12.2. The van der Waals surface area contributed by atoms with Crippen LogP contribution in [0.5, 0.6) is 0 Å². The Bertz CT molecular complexity index is 421. The quantitative estimate of drug-likeness (QED) is 0.0962. The van der Waals surface area contributed by atoms with Crippen molar-refractivity contribution in [3.05, 3.63) is 0 Å². The van der Waals surface area contributed by atoms with Gasteiger partial charge in [0.25, 0.3) is 0 Å². The predicted molar refractivity (Wildman–Crippen MR) is 163 cm³/mol. The van der Waals surface area contributed by atoms with E-state index in [1.54, 1.807) is 0 Å². The molecule has 0 aromatic rings. The molecule has 0 aromatic carbocycles. The first-order valence-corrected chi connectivity index (χ1v) is 17.0. The van der Waals surface area contributed by atoms with Crippen molar-refractivity contribution < 1.29 is 4.79 Å². The molecular weight excluding hydrogens is 438 g/mol. The molecule has 0 aliphatic heterocycles. The zero-order chi connectivity index (χ0) is 26.4. The molecule has 2 heteroatoms. The molecule has 0 fully saturated rings. The lowest BCUT2D eigenvalue weighted by Crippen LogP contribution is -2.34. The average Bonchev–Trinajstić information content (AvgIpc) is 2.88. The summed E-state index contributed by atoms with van der Waals surface area (Å²) in [5.41, 5.74) is 0. The van der Waals surface area contributed by atoms with Gasteiger partial charge in [-0.05, 0) is 19.3 Å². The van der Waals surface area contributed by atoms with Gasteiger partial charge in [0.05, 0.1) is 0 Å². The summed E-state index contributed by atoms with van der Waals surface area (Å²) in [6.45, 7) is 6.86. The largest absolute Gasteiger partial charge is 0.353 e. The fraction of sp³-hybridized carbons (Fsp3) is 0.971. The van der Waals surface area contributed by atoms with Gasteiger partial charge in [0, 0.05) is 12.5 Å². The first kappa shape index (κ1) is 35.5. The Labute approximate surface area is 228 Å². The molecule has 1 atom stereocenters. The molecule has 0 saturated heterocycles. The van der Waals surface area contributed by atoms with Gasteiger partial charge in [-0.2, -0.15) is 0 Å². The van der Waals surface area contributed by atoms with Gasteiger partial charge < -0.3 is 5.32 Å². The number of amides is 1. The van der Waals surface area contributed by atoms with E-state index in [0.717, 1.165) is 12.8 Å². The molecule has 0 aromatic heterocycles. The molecule has 0 saturated carbocycles. The molecule has 36 heavy (non-hydrogen) atoms. The summed E-state index contributed by atoms with van der Waals surface area (Å²) in [5.74, 6) is 0.317. The summed E-state index contributed by atoms with van der Waals surface area (Å²) in [6, 6.07) is 0.418. The van der Waals surface area contributed by atoms with Gasteiger partial charge in [-0.1, -0.05) is 181 Å². The van der Waals surface area contributed by atoms with Crippen molar-refractivity contribution in [3.8, 4) is 0 Å². The Morgan fingerprint density at radius 3 is 1.03 bits per heavy atom. The van der Waals surface area contributed by atoms with Crippen LogP contribution in [0, 0.1) is 0 Å². The number of unbranched alkanes of at least 4 members (excludes halogenated alkanes) is 23. The highest BCUT2D eigenvalue weighted by molar-refractivity contribution is 5.76. The van der Waals surface area contributed by atoms with Gasteiger partial charge in [0.1, 0.15) is 0 Å². The predicted octanol–water partition coefficient (Wildman–Crippen LogP) is 11.8. The van der Waals surface area contributed by atoms with Crippen LogP contribution < -0.4 is 5.32 Å². The lowest BCUT2D eigenvalue weighted by Gasteiger charge is -2.19. The summed E-state index contributed by atoms with van der Waals surface area (Å²) < 4.78 is 0. The second-order valence-electron chi connectivity index (χ2n) is 11.7. The summed E-state index contributed by atoms with van der Waals surface area (Å²) in [4.78, 5) is 12.6. The zero-order valence-corrected chi connectivity index (χ0v) is 25.5. The van der Waals surface area contributed by atoms with Gasteiger partial charge in [0.15, 0.2) is 0 Å². The molecule has 0 radical (unpaired) electrons. The molecule has 0 heterocycles. The molecule has 0 aliphatic carbocycles. The highest BCUT2D eigenvalue weighted by atomic mass is 16.1. The lowest BCUT2D eigenvalue weighted by molar-refractivity contribution is -0.122. The van der Waals surface area contributed by atoms with Crippen LogP contribution in [-0.4, -0.2) is 11.9 Å². The van der Waals surface area contributed by atoms with Gasteiger partial charge in [-0.3, -0.25) is 4.79 Å². The smallest absolute Gasteiger partial charge is 0.220 e. The third kappa shape index (κ3) is 28.0. The molecule has 2 nitrogen and oxygen atoms in total. The summed E-state index contributed by atoms with van der Waals surface area (Å²) >= 11 is 0. The van der Waals surface area contributed by atoms with E-state index in [2.05, 4.69) is 26.1 Å². The molecule has 0 rings (SSSR count). The fourth-order valence-electron chi connectivity index (χ4n) is 5.41. The Morgan fingerprint density at radius 2 is 0.694 bits per heavy atom. The topological polar surface area (TPSA) is 29.1 Å². The van der Waals surface area contributed by atoms with E-state index in [0.29, 0.717) is 11.9 Å². The third-order valence-electron chi connectivity index (χ3n) is 7.93. The Balaban J connectivity index is 3.86. The Hall–Kier alpha value is -0.530. The van der Waals surface area contributed by atoms with E-state index < -0.39 is 0 Å². The second-order valence-corrected chi connectivity index (χ2v) is 11.7. The van der Waals surface area contributed by atoms with Crippen molar-refractivity contribution in [2.24, 2.45) is 0 Å². The Kier molecular flexibility index (Phi) is 30.2. The maximum Gasteiger partial charge on any atom is 0.220 e. The van der Waals surface area contributed by atoms with Crippen LogP contribution >= 0.6 is 0 Å². The molecular formula is C34H69NO. The van der Waals surface area contributed by atoms with E-state index in [-0.39, 0.29) is 0 Å². The van der Waals surface area contributed by atoms with E-state index in [1.165, 1.54) is 173 Å². The highest BCUT2D eigenvalue weighted by Crippen LogP contribution is 2.16. The van der Waals surface area contributed by atoms with E-state index in [4.69, 9.17) is 0 Å². The number of hydrogen-bond acceptors (Lipinski definition) is 1. The maximum absolute atomic E-state index is 12.6. The first-order valence-electron chi connectivity index (χ1n) is 17.0. The lowest BCUT2D eigenvalue weighted by atomic mass is 9.99. The van der Waals surface area contributed by atoms with Crippen LogP contribution in [0.15, 0.2) is 0 Å². The SMILES string of the molecule is CCCCCCCCCCCCCCCC(=O)NC(CCCCCCCC)CCCCCCCCC. The van der Waals surface area contributed by atoms with E-state index in [1.807, 2.05) is 0 Å². The number of hydrogen-bond donors (Lipinski definition) is 1. The average molecular weight is 508 g/mol.